The van der Waals surface area contributed by atoms with Crippen LogP contribution in [0.2, 0.25) is 0 Å². The number of hydrogen-bond acceptors (Lipinski definition) is 13. The zero-order valence-corrected chi connectivity index (χ0v) is 36.2. The SMILES string of the molecule is Oc1ccc(C2Oc3ccc(C4Oc5cc(O)cc6c5C4c4cc(O)cc(O)c4C(c4ccc(O)cc4)C6O)cc3C2c2cc(O)cc3c2C(c2cc(O)cc(O)c2)C(c2ccc(O)cc2)O3)cc1. The van der Waals surface area contributed by atoms with Crippen molar-refractivity contribution >= 4 is 0 Å². The van der Waals surface area contributed by atoms with Crippen molar-refractivity contribution in [2.24, 2.45) is 0 Å². The minimum absolute atomic E-state index is 0.00545. The predicted molar refractivity (Wildman–Crippen MR) is 249 cm³/mol. The zero-order valence-electron chi connectivity index (χ0n) is 36.2. The Morgan fingerprint density at radius 3 is 1.29 bits per heavy atom. The first-order chi connectivity index (χ1) is 33.3. The molecule has 0 radical (unpaired) electrons. The fourth-order valence-electron chi connectivity index (χ4n) is 11.3. The van der Waals surface area contributed by atoms with Crippen LogP contribution in [0.3, 0.4) is 0 Å². The molecule has 0 saturated heterocycles. The van der Waals surface area contributed by atoms with Gasteiger partial charge in [0.2, 0.25) is 0 Å². The molecule has 1 aliphatic carbocycles. The molecule has 3 heterocycles. The summed E-state index contributed by atoms with van der Waals surface area (Å²) in [5, 5.41) is 111. The van der Waals surface area contributed by atoms with E-state index < -0.39 is 48.1 Å². The molecule has 0 spiro atoms. The van der Waals surface area contributed by atoms with Gasteiger partial charge in [-0.05, 0) is 123 Å². The van der Waals surface area contributed by atoms with Crippen LogP contribution in [0.1, 0.15) is 115 Å². The molecule has 13 heteroatoms. The summed E-state index contributed by atoms with van der Waals surface area (Å²) < 4.78 is 20.4. The van der Waals surface area contributed by atoms with Gasteiger partial charge in [0.15, 0.2) is 0 Å². The van der Waals surface area contributed by atoms with Gasteiger partial charge in [0.05, 0.1) is 23.9 Å². The molecule has 3 aliphatic heterocycles. The Balaban J connectivity index is 1.06. The van der Waals surface area contributed by atoms with Gasteiger partial charge in [-0.2, -0.15) is 0 Å². The monoisotopic (exact) mass is 922 g/mol. The Hall–Kier alpha value is -8.68. The van der Waals surface area contributed by atoms with Crippen molar-refractivity contribution in [3.05, 3.63) is 212 Å². The molecule has 8 atom stereocenters. The van der Waals surface area contributed by atoms with Crippen LogP contribution >= 0.6 is 0 Å². The van der Waals surface area contributed by atoms with Crippen molar-refractivity contribution < 1.29 is 65.3 Å². The second kappa shape index (κ2) is 15.4. The first-order valence-corrected chi connectivity index (χ1v) is 22.3. The van der Waals surface area contributed by atoms with Gasteiger partial charge in [-0.15, -0.1) is 0 Å². The van der Waals surface area contributed by atoms with Crippen molar-refractivity contribution in [3.8, 4) is 69.0 Å². The van der Waals surface area contributed by atoms with Gasteiger partial charge < -0.3 is 65.3 Å². The molecule has 69 heavy (non-hydrogen) atoms. The van der Waals surface area contributed by atoms with Gasteiger partial charge in [-0.25, -0.2) is 0 Å². The minimum Gasteiger partial charge on any atom is -0.508 e. The highest BCUT2D eigenvalue weighted by Crippen LogP contribution is 2.63. The van der Waals surface area contributed by atoms with E-state index in [1.165, 1.54) is 54.6 Å². The van der Waals surface area contributed by atoms with Crippen molar-refractivity contribution in [2.45, 2.75) is 48.1 Å². The van der Waals surface area contributed by atoms with E-state index in [0.29, 0.717) is 78.3 Å². The van der Waals surface area contributed by atoms with E-state index >= 15 is 0 Å². The summed E-state index contributed by atoms with van der Waals surface area (Å²) in [4.78, 5) is 0. The molecule has 0 saturated carbocycles. The average molecular weight is 923 g/mol. The number of aromatic hydroxyl groups is 9. The van der Waals surface area contributed by atoms with Crippen LogP contribution in [0.25, 0.3) is 0 Å². The van der Waals surface area contributed by atoms with Crippen molar-refractivity contribution in [1.82, 2.24) is 0 Å². The normalized spacial score (nSPS) is 22.6. The maximum atomic E-state index is 12.4. The fourth-order valence-corrected chi connectivity index (χ4v) is 11.3. The third kappa shape index (κ3) is 6.72. The van der Waals surface area contributed by atoms with Crippen molar-refractivity contribution in [1.29, 1.82) is 0 Å². The van der Waals surface area contributed by atoms with E-state index in [9.17, 15) is 51.1 Å². The van der Waals surface area contributed by atoms with Crippen LogP contribution in [0.5, 0.6) is 69.0 Å². The van der Waals surface area contributed by atoms with Gasteiger partial charge in [0, 0.05) is 52.4 Å². The molecule has 0 amide bonds. The number of ether oxygens (including phenoxy) is 3. The Bertz CT molecular complexity index is 3350. The Morgan fingerprint density at radius 2 is 0.710 bits per heavy atom. The smallest absolute Gasteiger partial charge is 0.135 e. The van der Waals surface area contributed by atoms with Crippen molar-refractivity contribution in [3.63, 3.8) is 0 Å². The first kappa shape index (κ1) is 41.7. The molecule has 12 rings (SSSR count). The van der Waals surface area contributed by atoms with Gasteiger partial charge in [0.25, 0.3) is 0 Å². The van der Waals surface area contributed by atoms with Gasteiger partial charge in [0.1, 0.15) is 87.3 Å². The highest BCUT2D eigenvalue weighted by molar-refractivity contribution is 5.67. The first-order valence-electron chi connectivity index (χ1n) is 22.3. The summed E-state index contributed by atoms with van der Waals surface area (Å²) >= 11 is 0. The lowest BCUT2D eigenvalue weighted by Crippen LogP contribution is -2.16. The van der Waals surface area contributed by atoms with Gasteiger partial charge in [-0.1, -0.05) is 42.5 Å². The minimum atomic E-state index is -1.33. The summed E-state index contributed by atoms with van der Waals surface area (Å²) in [5.74, 6) is -3.00. The molecule has 13 nitrogen and oxygen atoms in total. The predicted octanol–water partition coefficient (Wildman–Crippen LogP) is 10.0. The average Bonchev–Trinajstić information content (AvgIpc) is 3.99. The van der Waals surface area contributed by atoms with E-state index in [2.05, 4.69) is 0 Å². The van der Waals surface area contributed by atoms with E-state index in [0.717, 1.165) is 0 Å². The van der Waals surface area contributed by atoms with Crippen LogP contribution in [-0.4, -0.2) is 51.1 Å². The summed E-state index contributed by atoms with van der Waals surface area (Å²) in [6, 6.07) is 38.2. The topological polar surface area (TPSA) is 230 Å². The van der Waals surface area contributed by atoms with Gasteiger partial charge >= 0.3 is 0 Å². The quantitative estimate of drug-likeness (QED) is 0.0750. The highest BCUT2D eigenvalue weighted by atomic mass is 16.5. The number of phenolic OH excluding ortho intramolecular Hbond substituents is 9. The second-order valence-electron chi connectivity index (χ2n) is 18.2. The Kier molecular flexibility index (Phi) is 9.34. The number of aliphatic hydroxyl groups excluding tert-OH is 1. The van der Waals surface area contributed by atoms with Crippen LogP contribution in [0, 0.1) is 0 Å². The van der Waals surface area contributed by atoms with E-state index in [-0.39, 0.29) is 57.5 Å². The standard InChI is InChI=1S/C56H42O13/c57-30-8-1-25(2-9-30)46-49-40(19-35(62)22-42(49)65)52-51-41(53(46)66)21-37(64)24-45(51)69-56(52)28-7-14-43-38(17-28)48(55(67-43)27-5-12-32(59)13-6-27)39-20-36(63)23-44-50(39)47(29-15-33(60)18-34(61)16-29)54(68-44)26-3-10-31(58)11-4-26/h1-24,46-48,52-66H. The van der Waals surface area contributed by atoms with Gasteiger partial charge in [-0.3, -0.25) is 0 Å². The number of hydrogen-bond donors (Lipinski definition) is 10. The molecule has 344 valence electrons. The van der Waals surface area contributed by atoms with E-state index in [1.54, 1.807) is 72.8 Å². The molecular weight excluding hydrogens is 881 g/mol. The summed E-state index contributed by atoms with van der Waals surface area (Å²) in [6.45, 7) is 0. The molecule has 8 aromatic carbocycles. The molecule has 0 aromatic heterocycles. The molecule has 0 fully saturated rings. The zero-order chi connectivity index (χ0) is 47.6. The second-order valence-corrected chi connectivity index (χ2v) is 18.2. The number of benzene rings is 8. The van der Waals surface area contributed by atoms with E-state index in [4.69, 9.17) is 14.2 Å². The molecule has 10 N–H and O–H groups in total. The number of rotatable bonds is 6. The largest absolute Gasteiger partial charge is 0.508 e. The summed E-state index contributed by atoms with van der Waals surface area (Å²) in [6.07, 6.45) is -3.73. The lowest BCUT2D eigenvalue weighted by Gasteiger charge is -2.27. The maximum Gasteiger partial charge on any atom is 0.135 e. The highest BCUT2D eigenvalue weighted by Gasteiger charge is 2.49. The van der Waals surface area contributed by atoms with Crippen LogP contribution in [0.4, 0.5) is 0 Å². The molecular formula is C56H42O13. The lowest BCUT2D eigenvalue weighted by atomic mass is 9.76. The fraction of sp³-hybridized carbons (Fsp3) is 0.143. The summed E-state index contributed by atoms with van der Waals surface area (Å²) in [5.41, 5.74) is 6.63. The Morgan fingerprint density at radius 1 is 0.275 bits per heavy atom. The number of aliphatic hydroxyl groups is 1. The third-order valence-corrected chi connectivity index (χ3v) is 14.1. The lowest BCUT2D eigenvalue weighted by molar-refractivity contribution is 0.157. The number of phenols is 9. The number of fused-ring (bicyclic) bond motifs is 4. The third-order valence-electron chi connectivity index (χ3n) is 14.1. The van der Waals surface area contributed by atoms with E-state index in [1.807, 2.05) is 18.2 Å². The van der Waals surface area contributed by atoms with Crippen LogP contribution in [-0.2, 0) is 0 Å². The van der Waals surface area contributed by atoms with Crippen LogP contribution in [0.15, 0.2) is 146 Å². The molecule has 0 bridgehead atoms. The van der Waals surface area contributed by atoms with Crippen LogP contribution < -0.4 is 14.2 Å². The molecule has 4 aliphatic rings. The molecule has 8 aromatic rings. The maximum absolute atomic E-state index is 12.4. The van der Waals surface area contributed by atoms with Crippen molar-refractivity contribution in [2.75, 3.05) is 0 Å². The molecule has 8 unspecified atom stereocenters. The summed E-state index contributed by atoms with van der Waals surface area (Å²) in [7, 11) is 0. The Labute approximate surface area is 393 Å².